The van der Waals surface area contributed by atoms with E-state index in [1.807, 2.05) is 12.1 Å². The zero-order valence-electron chi connectivity index (χ0n) is 13.2. The summed E-state index contributed by atoms with van der Waals surface area (Å²) in [6, 6.07) is 11.0. The normalized spacial score (nSPS) is 20.7. The molecule has 0 radical (unpaired) electrons. The summed E-state index contributed by atoms with van der Waals surface area (Å²) in [5, 5.41) is 6.42. The van der Waals surface area contributed by atoms with E-state index in [-0.39, 0.29) is 11.9 Å². The molecule has 3 rings (SSSR count). The Bertz CT molecular complexity index is 643. The quantitative estimate of drug-likeness (QED) is 0.911. The van der Waals surface area contributed by atoms with Crippen molar-refractivity contribution in [1.82, 2.24) is 15.6 Å². The Labute approximate surface area is 136 Å². The molecule has 1 fully saturated rings. The Kier molecular flexibility index (Phi) is 4.88. The number of ether oxygens (including phenoxy) is 1. The molecule has 1 aromatic carbocycles. The Morgan fingerprint density at radius 2 is 2.09 bits per heavy atom. The highest BCUT2D eigenvalue weighted by atomic mass is 16.5. The first-order chi connectivity index (χ1) is 11.2. The Morgan fingerprint density at radius 1 is 1.26 bits per heavy atom. The highest BCUT2D eigenvalue weighted by Crippen LogP contribution is 2.20. The second-order valence-electron chi connectivity index (χ2n) is 5.87. The van der Waals surface area contributed by atoms with Crippen LogP contribution in [0.5, 0.6) is 11.5 Å². The molecule has 5 heteroatoms. The van der Waals surface area contributed by atoms with Crippen molar-refractivity contribution in [3.63, 3.8) is 0 Å². The standard InChI is InChI=1S/C18H21N3O2/c1-13-8-10-20-12-17(13)21-18(22)14-4-6-15(7-5-14)23-16-3-2-9-19-11-16/h2-7,9,11,13,17,20H,8,10,12H2,1H3,(H,21,22). The monoisotopic (exact) mass is 311 g/mol. The highest BCUT2D eigenvalue weighted by Gasteiger charge is 2.22. The molecular formula is C18H21N3O2. The lowest BCUT2D eigenvalue weighted by atomic mass is 9.94. The molecule has 120 valence electrons. The zero-order valence-corrected chi connectivity index (χ0v) is 13.2. The van der Waals surface area contributed by atoms with Gasteiger partial charge >= 0.3 is 0 Å². The van der Waals surface area contributed by atoms with Crippen molar-refractivity contribution in [2.45, 2.75) is 19.4 Å². The molecule has 0 bridgehead atoms. The van der Waals surface area contributed by atoms with Crippen molar-refractivity contribution in [2.75, 3.05) is 13.1 Å². The number of rotatable bonds is 4. The van der Waals surface area contributed by atoms with E-state index in [4.69, 9.17) is 4.74 Å². The van der Waals surface area contributed by atoms with E-state index in [0.717, 1.165) is 19.5 Å². The molecule has 0 spiro atoms. The summed E-state index contributed by atoms with van der Waals surface area (Å²) in [6.45, 7) is 4.03. The lowest BCUT2D eigenvalue weighted by molar-refractivity contribution is 0.0915. The largest absolute Gasteiger partial charge is 0.456 e. The lowest BCUT2D eigenvalue weighted by Crippen LogP contribution is -2.50. The van der Waals surface area contributed by atoms with E-state index in [0.29, 0.717) is 23.0 Å². The van der Waals surface area contributed by atoms with Crippen LogP contribution in [-0.2, 0) is 0 Å². The minimum Gasteiger partial charge on any atom is -0.456 e. The van der Waals surface area contributed by atoms with Crippen molar-refractivity contribution in [3.8, 4) is 11.5 Å². The lowest BCUT2D eigenvalue weighted by Gasteiger charge is -2.30. The number of amides is 1. The topological polar surface area (TPSA) is 63.2 Å². The SMILES string of the molecule is CC1CCNCC1NC(=O)c1ccc(Oc2cccnc2)cc1. The fraction of sp³-hybridized carbons (Fsp3) is 0.333. The molecule has 2 unspecified atom stereocenters. The first kappa shape index (κ1) is 15.5. The Balaban J connectivity index is 1.61. The molecule has 2 N–H and O–H groups in total. The van der Waals surface area contributed by atoms with E-state index >= 15 is 0 Å². The number of hydrogen-bond acceptors (Lipinski definition) is 4. The number of carbonyl (C=O) groups is 1. The summed E-state index contributed by atoms with van der Waals surface area (Å²) >= 11 is 0. The Morgan fingerprint density at radius 3 is 2.78 bits per heavy atom. The van der Waals surface area contributed by atoms with Gasteiger partial charge in [0, 0.05) is 24.3 Å². The average Bonchev–Trinajstić information content (AvgIpc) is 2.58. The van der Waals surface area contributed by atoms with Gasteiger partial charge in [0.25, 0.3) is 5.91 Å². The van der Waals surface area contributed by atoms with Gasteiger partial charge in [-0.2, -0.15) is 0 Å². The summed E-state index contributed by atoms with van der Waals surface area (Å²) in [7, 11) is 0. The third kappa shape index (κ3) is 4.07. The maximum Gasteiger partial charge on any atom is 0.251 e. The molecule has 5 nitrogen and oxygen atoms in total. The number of carbonyl (C=O) groups excluding carboxylic acids is 1. The number of piperidine rings is 1. The van der Waals surface area contributed by atoms with Gasteiger partial charge in [0.15, 0.2) is 0 Å². The molecule has 23 heavy (non-hydrogen) atoms. The number of pyridine rings is 1. The molecular weight excluding hydrogens is 290 g/mol. The third-order valence-electron chi connectivity index (χ3n) is 4.13. The summed E-state index contributed by atoms with van der Waals surface area (Å²) in [4.78, 5) is 16.3. The Hall–Kier alpha value is -2.40. The van der Waals surface area contributed by atoms with Crippen molar-refractivity contribution in [2.24, 2.45) is 5.92 Å². The predicted octanol–water partition coefficient (Wildman–Crippen LogP) is 2.60. The van der Waals surface area contributed by atoms with Gasteiger partial charge in [-0.15, -0.1) is 0 Å². The molecule has 2 heterocycles. The predicted molar refractivity (Wildman–Crippen MR) is 88.7 cm³/mol. The van der Waals surface area contributed by atoms with Gasteiger partial charge in [-0.1, -0.05) is 6.92 Å². The van der Waals surface area contributed by atoms with E-state index in [2.05, 4.69) is 22.5 Å². The van der Waals surface area contributed by atoms with Crippen LogP contribution in [0.4, 0.5) is 0 Å². The summed E-state index contributed by atoms with van der Waals surface area (Å²) < 4.78 is 5.68. The van der Waals surface area contributed by atoms with Gasteiger partial charge in [0.2, 0.25) is 0 Å². The average molecular weight is 311 g/mol. The molecule has 2 atom stereocenters. The van der Waals surface area contributed by atoms with Crippen LogP contribution in [-0.4, -0.2) is 30.0 Å². The smallest absolute Gasteiger partial charge is 0.251 e. The molecule has 1 saturated heterocycles. The van der Waals surface area contributed by atoms with Gasteiger partial charge in [-0.05, 0) is 55.3 Å². The molecule has 2 aromatic rings. The second-order valence-corrected chi connectivity index (χ2v) is 5.87. The number of aromatic nitrogens is 1. The molecule has 1 aromatic heterocycles. The molecule has 1 aliphatic rings. The maximum atomic E-state index is 12.3. The summed E-state index contributed by atoms with van der Waals surface area (Å²) in [6.07, 6.45) is 4.43. The van der Waals surface area contributed by atoms with Crippen molar-refractivity contribution in [1.29, 1.82) is 0 Å². The zero-order chi connectivity index (χ0) is 16.1. The van der Waals surface area contributed by atoms with Gasteiger partial charge in [0.1, 0.15) is 11.5 Å². The van der Waals surface area contributed by atoms with Crippen molar-refractivity contribution < 1.29 is 9.53 Å². The van der Waals surface area contributed by atoms with Gasteiger partial charge < -0.3 is 15.4 Å². The second kappa shape index (κ2) is 7.24. The third-order valence-corrected chi connectivity index (χ3v) is 4.13. The van der Waals surface area contributed by atoms with Crippen LogP contribution in [0.2, 0.25) is 0 Å². The highest BCUT2D eigenvalue weighted by molar-refractivity contribution is 5.94. The van der Waals surface area contributed by atoms with Crippen LogP contribution in [0.3, 0.4) is 0 Å². The minimum absolute atomic E-state index is 0.0431. The molecule has 1 aliphatic heterocycles. The van der Waals surface area contributed by atoms with E-state index in [1.165, 1.54) is 0 Å². The first-order valence-electron chi connectivity index (χ1n) is 7.92. The van der Waals surface area contributed by atoms with E-state index < -0.39 is 0 Å². The number of nitrogens with one attached hydrogen (secondary N) is 2. The van der Waals surface area contributed by atoms with E-state index in [1.54, 1.807) is 36.7 Å². The fourth-order valence-electron chi connectivity index (χ4n) is 2.65. The minimum atomic E-state index is -0.0431. The fourth-order valence-corrected chi connectivity index (χ4v) is 2.65. The molecule has 1 amide bonds. The van der Waals surface area contributed by atoms with Crippen LogP contribution in [0.25, 0.3) is 0 Å². The van der Waals surface area contributed by atoms with Crippen LogP contribution in [0.1, 0.15) is 23.7 Å². The van der Waals surface area contributed by atoms with Crippen molar-refractivity contribution >= 4 is 5.91 Å². The van der Waals surface area contributed by atoms with Crippen LogP contribution in [0.15, 0.2) is 48.8 Å². The van der Waals surface area contributed by atoms with Crippen LogP contribution in [0, 0.1) is 5.92 Å². The number of hydrogen-bond donors (Lipinski definition) is 2. The van der Waals surface area contributed by atoms with Gasteiger partial charge in [-0.3, -0.25) is 9.78 Å². The van der Waals surface area contributed by atoms with Crippen LogP contribution >= 0.6 is 0 Å². The van der Waals surface area contributed by atoms with Gasteiger partial charge in [0.05, 0.1) is 6.20 Å². The molecule has 0 saturated carbocycles. The van der Waals surface area contributed by atoms with E-state index in [9.17, 15) is 4.79 Å². The molecule has 0 aliphatic carbocycles. The first-order valence-corrected chi connectivity index (χ1v) is 7.92. The maximum absolute atomic E-state index is 12.3. The number of benzene rings is 1. The number of nitrogens with zero attached hydrogens (tertiary/aromatic N) is 1. The summed E-state index contributed by atoms with van der Waals surface area (Å²) in [5.41, 5.74) is 0.640. The van der Waals surface area contributed by atoms with Crippen LogP contribution < -0.4 is 15.4 Å². The summed E-state index contributed by atoms with van der Waals surface area (Å²) in [5.74, 6) is 1.81. The van der Waals surface area contributed by atoms with Crippen molar-refractivity contribution in [3.05, 3.63) is 54.4 Å². The van der Waals surface area contributed by atoms with Gasteiger partial charge in [-0.25, -0.2) is 0 Å².